The minimum absolute atomic E-state index is 0.0784. The Bertz CT molecular complexity index is 680. The summed E-state index contributed by atoms with van der Waals surface area (Å²) in [5.74, 6) is 1.01. The van der Waals surface area contributed by atoms with Crippen LogP contribution >= 0.6 is 11.6 Å². The van der Waals surface area contributed by atoms with Gasteiger partial charge in [0.15, 0.2) is 0 Å². The molecule has 1 aliphatic carbocycles. The van der Waals surface area contributed by atoms with Crippen molar-refractivity contribution in [3.8, 4) is 11.4 Å². The first-order valence-corrected chi connectivity index (χ1v) is 8.42. The highest BCUT2D eigenvalue weighted by Crippen LogP contribution is 2.27. The second-order valence-electron chi connectivity index (χ2n) is 6.00. The van der Waals surface area contributed by atoms with Gasteiger partial charge in [0.1, 0.15) is 6.04 Å². The maximum atomic E-state index is 12.3. The Balaban J connectivity index is 1.67. The number of hydrogen-bond acceptors (Lipinski definition) is 4. The molecule has 1 aliphatic rings. The first-order valence-electron chi connectivity index (χ1n) is 8.04. The van der Waals surface area contributed by atoms with E-state index >= 15 is 0 Å². The van der Waals surface area contributed by atoms with E-state index in [-0.39, 0.29) is 17.9 Å². The summed E-state index contributed by atoms with van der Waals surface area (Å²) in [5.41, 5.74) is 0.718. The zero-order chi connectivity index (χ0) is 16.2. The topological polar surface area (TPSA) is 68.0 Å². The van der Waals surface area contributed by atoms with Crippen LogP contribution in [-0.2, 0) is 4.79 Å². The van der Waals surface area contributed by atoms with Gasteiger partial charge in [0.2, 0.25) is 17.6 Å². The number of carbonyl (C=O) groups is 1. The fourth-order valence-electron chi connectivity index (χ4n) is 2.92. The van der Waals surface area contributed by atoms with Crippen molar-refractivity contribution in [1.29, 1.82) is 0 Å². The summed E-state index contributed by atoms with van der Waals surface area (Å²) >= 11 is 6.14. The molecule has 1 atom stereocenters. The lowest BCUT2D eigenvalue weighted by Crippen LogP contribution is -2.33. The van der Waals surface area contributed by atoms with E-state index < -0.39 is 0 Å². The van der Waals surface area contributed by atoms with Crippen LogP contribution in [0.15, 0.2) is 28.8 Å². The van der Waals surface area contributed by atoms with Crippen LogP contribution in [0.2, 0.25) is 5.02 Å². The zero-order valence-corrected chi connectivity index (χ0v) is 13.8. The van der Waals surface area contributed by atoms with Crippen LogP contribution in [0.25, 0.3) is 11.4 Å². The Morgan fingerprint density at radius 1 is 1.30 bits per heavy atom. The molecule has 1 aromatic heterocycles. The Kier molecular flexibility index (Phi) is 4.96. The van der Waals surface area contributed by atoms with E-state index in [1.165, 1.54) is 6.42 Å². The molecule has 1 unspecified atom stereocenters. The molecule has 23 heavy (non-hydrogen) atoms. The smallest absolute Gasteiger partial charge is 0.249 e. The van der Waals surface area contributed by atoms with E-state index in [1.54, 1.807) is 6.07 Å². The molecule has 1 fully saturated rings. The van der Waals surface area contributed by atoms with Crippen LogP contribution in [0.5, 0.6) is 0 Å². The van der Waals surface area contributed by atoms with Gasteiger partial charge in [-0.1, -0.05) is 48.2 Å². The lowest BCUT2D eigenvalue weighted by Gasteiger charge is -2.22. The number of carbonyl (C=O) groups excluding carboxylic acids is 1. The maximum absolute atomic E-state index is 12.3. The normalized spacial score (nSPS) is 17.0. The van der Waals surface area contributed by atoms with Gasteiger partial charge in [0, 0.05) is 11.5 Å². The first-order chi connectivity index (χ1) is 11.1. The summed E-state index contributed by atoms with van der Waals surface area (Å²) in [6, 6.07) is 7.02. The van der Waals surface area contributed by atoms with Crippen LogP contribution in [0.1, 0.15) is 51.0 Å². The predicted molar refractivity (Wildman–Crippen MR) is 87.9 cm³/mol. The second-order valence-corrected chi connectivity index (χ2v) is 6.41. The number of benzene rings is 1. The lowest BCUT2D eigenvalue weighted by molar-refractivity contribution is -0.126. The van der Waals surface area contributed by atoms with E-state index in [2.05, 4.69) is 15.5 Å². The average Bonchev–Trinajstić information content (AvgIpc) is 3.06. The number of nitrogens with one attached hydrogen (secondary N) is 1. The van der Waals surface area contributed by atoms with Crippen LogP contribution < -0.4 is 5.32 Å². The van der Waals surface area contributed by atoms with Crippen molar-refractivity contribution in [3.05, 3.63) is 35.2 Å². The highest BCUT2D eigenvalue weighted by molar-refractivity contribution is 6.33. The summed E-state index contributed by atoms with van der Waals surface area (Å²) in [6.07, 6.45) is 5.41. The molecular formula is C17H20ClN3O2. The summed E-state index contributed by atoms with van der Waals surface area (Å²) in [4.78, 5) is 16.7. The minimum atomic E-state index is -0.312. The van der Waals surface area contributed by atoms with Gasteiger partial charge >= 0.3 is 0 Å². The third kappa shape index (κ3) is 3.72. The van der Waals surface area contributed by atoms with Gasteiger partial charge in [-0.3, -0.25) is 4.79 Å². The van der Waals surface area contributed by atoms with Gasteiger partial charge < -0.3 is 9.84 Å². The standard InChI is InChI=1S/C17H20ClN3O2/c1-11(19-16(22)12-7-3-2-4-8-12)17-20-15(21-23-17)13-9-5-6-10-14(13)18/h5-6,9-12H,2-4,7-8H2,1H3,(H,19,22). The van der Waals surface area contributed by atoms with Gasteiger partial charge in [0.25, 0.3) is 0 Å². The fraction of sp³-hybridized carbons (Fsp3) is 0.471. The summed E-state index contributed by atoms with van der Waals surface area (Å²) < 4.78 is 5.29. The molecule has 0 bridgehead atoms. The number of hydrogen-bond donors (Lipinski definition) is 1. The largest absolute Gasteiger partial charge is 0.344 e. The Hall–Kier alpha value is -1.88. The molecule has 122 valence electrons. The van der Waals surface area contributed by atoms with Crippen molar-refractivity contribution < 1.29 is 9.32 Å². The molecular weight excluding hydrogens is 314 g/mol. The van der Waals surface area contributed by atoms with Crippen molar-refractivity contribution in [3.63, 3.8) is 0 Å². The van der Waals surface area contributed by atoms with E-state index in [1.807, 2.05) is 25.1 Å². The van der Waals surface area contributed by atoms with E-state index in [9.17, 15) is 4.79 Å². The average molecular weight is 334 g/mol. The summed E-state index contributed by atoms with van der Waals surface area (Å²) in [5, 5.41) is 7.51. The molecule has 0 aliphatic heterocycles. The minimum Gasteiger partial charge on any atom is -0.344 e. The summed E-state index contributed by atoms with van der Waals surface area (Å²) in [6.45, 7) is 1.85. The van der Waals surface area contributed by atoms with Gasteiger partial charge in [-0.05, 0) is 31.9 Å². The maximum Gasteiger partial charge on any atom is 0.249 e. The molecule has 1 N–H and O–H groups in total. The van der Waals surface area contributed by atoms with Crippen LogP contribution in [-0.4, -0.2) is 16.0 Å². The molecule has 1 saturated carbocycles. The number of amides is 1. The van der Waals surface area contributed by atoms with Crippen molar-refractivity contribution in [2.24, 2.45) is 5.92 Å². The van der Waals surface area contributed by atoms with Crippen molar-refractivity contribution >= 4 is 17.5 Å². The Labute approximate surface area is 140 Å². The monoisotopic (exact) mass is 333 g/mol. The van der Waals surface area contributed by atoms with Crippen molar-refractivity contribution in [2.45, 2.75) is 45.1 Å². The van der Waals surface area contributed by atoms with E-state index in [0.717, 1.165) is 31.2 Å². The van der Waals surface area contributed by atoms with Crippen LogP contribution in [0.3, 0.4) is 0 Å². The van der Waals surface area contributed by atoms with Gasteiger partial charge in [-0.25, -0.2) is 0 Å². The lowest BCUT2D eigenvalue weighted by atomic mass is 9.88. The third-order valence-corrected chi connectivity index (χ3v) is 4.59. The molecule has 0 radical (unpaired) electrons. The van der Waals surface area contributed by atoms with Gasteiger partial charge in [-0.2, -0.15) is 4.98 Å². The number of nitrogens with zero attached hydrogens (tertiary/aromatic N) is 2. The van der Waals surface area contributed by atoms with Crippen molar-refractivity contribution in [2.75, 3.05) is 0 Å². The first kappa shape index (κ1) is 16.0. The zero-order valence-electron chi connectivity index (χ0n) is 13.1. The fourth-order valence-corrected chi connectivity index (χ4v) is 3.14. The molecule has 0 spiro atoms. The highest BCUT2D eigenvalue weighted by atomic mass is 35.5. The van der Waals surface area contributed by atoms with Gasteiger partial charge in [0.05, 0.1) is 5.02 Å². The Morgan fingerprint density at radius 2 is 2.04 bits per heavy atom. The molecule has 1 aromatic carbocycles. The molecule has 1 heterocycles. The number of halogens is 1. The Morgan fingerprint density at radius 3 is 2.78 bits per heavy atom. The molecule has 2 aromatic rings. The quantitative estimate of drug-likeness (QED) is 0.912. The van der Waals surface area contributed by atoms with E-state index in [4.69, 9.17) is 16.1 Å². The molecule has 1 amide bonds. The van der Waals surface area contributed by atoms with Crippen LogP contribution in [0, 0.1) is 5.92 Å². The molecule has 5 nitrogen and oxygen atoms in total. The van der Waals surface area contributed by atoms with Gasteiger partial charge in [-0.15, -0.1) is 0 Å². The highest BCUT2D eigenvalue weighted by Gasteiger charge is 2.24. The predicted octanol–water partition coefficient (Wildman–Crippen LogP) is 4.15. The molecule has 3 rings (SSSR count). The van der Waals surface area contributed by atoms with E-state index in [0.29, 0.717) is 16.7 Å². The third-order valence-electron chi connectivity index (χ3n) is 4.26. The number of rotatable bonds is 4. The molecule has 0 saturated heterocycles. The second kappa shape index (κ2) is 7.13. The molecule has 6 heteroatoms. The van der Waals surface area contributed by atoms with Crippen LogP contribution in [0.4, 0.5) is 0 Å². The number of aromatic nitrogens is 2. The summed E-state index contributed by atoms with van der Waals surface area (Å²) in [7, 11) is 0. The SMILES string of the molecule is CC(NC(=O)C1CCCCC1)c1nc(-c2ccccc2Cl)no1. The van der Waals surface area contributed by atoms with Crippen molar-refractivity contribution in [1.82, 2.24) is 15.5 Å².